The van der Waals surface area contributed by atoms with Crippen LogP contribution in [0.15, 0.2) is 35.8 Å². The number of ether oxygens (including phenoxy) is 1. The van der Waals surface area contributed by atoms with E-state index in [1.165, 1.54) is 0 Å². The maximum atomic E-state index is 12.1. The van der Waals surface area contributed by atoms with Crippen molar-refractivity contribution in [3.05, 3.63) is 41.5 Å². The molecule has 0 spiro atoms. The van der Waals surface area contributed by atoms with Crippen molar-refractivity contribution in [1.82, 2.24) is 14.7 Å². The number of fused-ring (bicyclic) bond motifs is 1. The maximum Gasteiger partial charge on any atom is 0.226 e. The van der Waals surface area contributed by atoms with Gasteiger partial charge in [0.25, 0.3) is 0 Å². The van der Waals surface area contributed by atoms with Crippen LogP contribution >= 0.6 is 11.3 Å². The Kier molecular flexibility index (Phi) is 4.85. The van der Waals surface area contributed by atoms with E-state index in [0.29, 0.717) is 6.42 Å². The Morgan fingerprint density at radius 2 is 2.12 bits per heavy atom. The molecule has 24 heavy (non-hydrogen) atoms. The fraction of sp³-hybridized carbons (Fsp3) is 0.333. The highest BCUT2D eigenvalue weighted by Crippen LogP contribution is 2.25. The molecule has 0 aliphatic heterocycles. The van der Waals surface area contributed by atoms with Gasteiger partial charge < -0.3 is 10.1 Å². The highest BCUT2D eigenvalue weighted by atomic mass is 32.1. The lowest BCUT2D eigenvalue weighted by Gasteiger charge is -2.10. The van der Waals surface area contributed by atoms with Crippen LogP contribution in [0.1, 0.15) is 26.0 Å². The van der Waals surface area contributed by atoms with E-state index in [0.717, 1.165) is 34.1 Å². The van der Waals surface area contributed by atoms with Crippen molar-refractivity contribution in [3.63, 3.8) is 0 Å². The fourth-order valence-electron chi connectivity index (χ4n) is 2.45. The smallest absolute Gasteiger partial charge is 0.226 e. The zero-order chi connectivity index (χ0) is 17.1. The van der Waals surface area contributed by atoms with Crippen LogP contribution in [0.3, 0.4) is 0 Å². The lowest BCUT2D eigenvalue weighted by atomic mass is 10.1. The van der Waals surface area contributed by atoms with Crippen LogP contribution < -0.4 is 10.1 Å². The van der Waals surface area contributed by atoms with E-state index in [9.17, 15) is 4.79 Å². The summed E-state index contributed by atoms with van der Waals surface area (Å²) in [6, 6.07) is 8.01. The first-order valence-electron chi connectivity index (χ1n) is 8.00. The molecule has 0 saturated carbocycles. The topological polar surface area (TPSA) is 55.6 Å². The molecular weight excluding hydrogens is 322 g/mol. The molecule has 1 N–H and O–H groups in total. The van der Waals surface area contributed by atoms with Crippen molar-refractivity contribution in [2.45, 2.75) is 32.7 Å². The lowest BCUT2D eigenvalue weighted by molar-refractivity contribution is -0.121. The normalized spacial score (nSPS) is 12.3. The largest absolute Gasteiger partial charge is 0.497 e. The number of hydrogen-bond donors (Lipinski definition) is 1. The molecule has 0 bridgehead atoms. The van der Waals surface area contributed by atoms with E-state index < -0.39 is 0 Å². The van der Waals surface area contributed by atoms with E-state index in [-0.39, 0.29) is 11.9 Å². The number of nitrogens with one attached hydrogen (secondary N) is 1. The van der Waals surface area contributed by atoms with E-state index in [1.807, 2.05) is 47.2 Å². The van der Waals surface area contributed by atoms with Gasteiger partial charge in [-0.15, -0.1) is 11.3 Å². The van der Waals surface area contributed by atoms with Gasteiger partial charge in [0, 0.05) is 28.9 Å². The van der Waals surface area contributed by atoms with Gasteiger partial charge in [0.15, 0.2) is 4.96 Å². The first kappa shape index (κ1) is 16.5. The quantitative estimate of drug-likeness (QED) is 0.745. The first-order chi connectivity index (χ1) is 11.6. The summed E-state index contributed by atoms with van der Waals surface area (Å²) in [7, 11) is 1.65. The highest BCUT2D eigenvalue weighted by molar-refractivity contribution is 7.15. The number of thiazole rings is 1. The number of carbonyl (C=O) groups excluding carboxylic acids is 1. The minimum Gasteiger partial charge on any atom is -0.497 e. The molecule has 1 unspecified atom stereocenters. The minimum atomic E-state index is 0.0451. The molecule has 1 aromatic carbocycles. The molecule has 126 valence electrons. The summed E-state index contributed by atoms with van der Waals surface area (Å²) in [4.78, 5) is 17.7. The van der Waals surface area contributed by atoms with Gasteiger partial charge >= 0.3 is 0 Å². The van der Waals surface area contributed by atoms with Gasteiger partial charge in [0.05, 0.1) is 19.2 Å². The highest BCUT2D eigenvalue weighted by Gasteiger charge is 2.13. The van der Waals surface area contributed by atoms with Crippen LogP contribution in [-0.2, 0) is 11.2 Å². The number of nitrogens with zero attached hydrogens (tertiary/aromatic N) is 2. The Labute approximate surface area is 145 Å². The van der Waals surface area contributed by atoms with E-state index in [2.05, 4.69) is 17.2 Å². The standard InChI is InChI=1S/C18H21N3O2S/c1-4-12(2)19-17(22)9-14-11-24-18-20-16(10-21(14)18)13-5-7-15(23-3)8-6-13/h5-8,10-12H,4,9H2,1-3H3,(H,19,22). The van der Waals surface area contributed by atoms with Gasteiger partial charge in [-0.3, -0.25) is 9.20 Å². The Hall–Kier alpha value is -2.34. The molecule has 3 aromatic rings. The Balaban J connectivity index is 1.81. The van der Waals surface area contributed by atoms with Crippen molar-refractivity contribution in [2.75, 3.05) is 7.11 Å². The molecule has 5 nitrogen and oxygen atoms in total. The second kappa shape index (κ2) is 7.05. The van der Waals surface area contributed by atoms with Gasteiger partial charge in [-0.1, -0.05) is 6.92 Å². The summed E-state index contributed by atoms with van der Waals surface area (Å²) in [6.45, 7) is 4.07. The van der Waals surface area contributed by atoms with Crippen LogP contribution in [0.25, 0.3) is 16.2 Å². The van der Waals surface area contributed by atoms with Crippen molar-refractivity contribution >= 4 is 22.2 Å². The summed E-state index contributed by atoms with van der Waals surface area (Å²) < 4.78 is 7.19. The van der Waals surface area contributed by atoms with Crippen LogP contribution in [0.4, 0.5) is 0 Å². The Bertz CT molecular complexity index is 836. The first-order valence-corrected chi connectivity index (χ1v) is 8.88. The third-order valence-corrected chi connectivity index (χ3v) is 4.92. The van der Waals surface area contributed by atoms with Gasteiger partial charge in [-0.2, -0.15) is 0 Å². The van der Waals surface area contributed by atoms with Gasteiger partial charge in [-0.05, 0) is 37.6 Å². The number of imidazole rings is 1. The molecule has 0 aliphatic carbocycles. The molecule has 1 amide bonds. The minimum absolute atomic E-state index is 0.0451. The van der Waals surface area contributed by atoms with Crippen LogP contribution in [0.5, 0.6) is 5.75 Å². The number of hydrogen-bond acceptors (Lipinski definition) is 4. The van der Waals surface area contributed by atoms with Crippen molar-refractivity contribution in [2.24, 2.45) is 0 Å². The van der Waals surface area contributed by atoms with Crippen molar-refractivity contribution in [1.29, 1.82) is 0 Å². The molecule has 0 radical (unpaired) electrons. The molecule has 0 fully saturated rings. The van der Waals surface area contributed by atoms with Gasteiger partial charge in [-0.25, -0.2) is 4.98 Å². The molecule has 0 aliphatic rings. The Morgan fingerprint density at radius 3 is 2.79 bits per heavy atom. The van der Waals surface area contributed by atoms with Gasteiger partial charge in [0.1, 0.15) is 5.75 Å². The number of aromatic nitrogens is 2. The molecule has 2 heterocycles. The second-order valence-corrected chi connectivity index (χ2v) is 6.62. The van der Waals surface area contributed by atoms with Crippen LogP contribution in [0, 0.1) is 0 Å². The third kappa shape index (κ3) is 3.43. The van der Waals surface area contributed by atoms with Crippen molar-refractivity contribution < 1.29 is 9.53 Å². The molecule has 6 heteroatoms. The zero-order valence-corrected chi connectivity index (χ0v) is 14.9. The zero-order valence-electron chi connectivity index (χ0n) is 14.1. The summed E-state index contributed by atoms with van der Waals surface area (Å²) in [5.41, 5.74) is 2.89. The lowest BCUT2D eigenvalue weighted by Crippen LogP contribution is -2.33. The third-order valence-electron chi connectivity index (χ3n) is 4.03. The summed E-state index contributed by atoms with van der Waals surface area (Å²) >= 11 is 1.55. The fourth-order valence-corrected chi connectivity index (χ4v) is 3.32. The second-order valence-electron chi connectivity index (χ2n) is 5.79. The number of benzene rings is 1. The number of carbonyl (C=O) groups is 1. The van der Waals surface area contributed by atoms with Crippen LogP contribution in [-0.4, -0.2) is 28.4 Å². The van der Waals surface area contributed by atoms with E-state index in [4.69, 9.17) is 4.74 Å². The molecular formula is C18H21N3O2S. The average Bonchev–Trinajstić information content (AvgIpc) is 3.17. The summed E-state index contributed by atoms with van der Waals surface area (Å²) in [6.07, 6.45) is 3.28. The molecule has 1 atom stereocenters. The average molecular weight is 343 g/mol. The molecule has 2 aromatic heterocycles. The predicted octanol–water partition coefficient (Wildman–Crippen LogP) is 3.53. The predicted molar refractivity (Wildman–Crippen MR) is 96.7 cm³/mol. The molecule has 3 rings (SSSR count). The monoisotopic (exact) mass is 343 g/mol. The van der Waals surface area contributed by atoms with Crippen molar-refractivity contribution in [3.8, 4) is 17.0 Å². The number of methoxy groups -OCH3 is 1. The molecule has 0 saturated heterocycles. The summed E-state index contributed by atoms with van der Waals surface area (Å²) in [5, 5.41) is 5.00. The Morgan fingerprint density at radius 1 is 1.38 bits per heavy atom. The SMILES string of the molecule is CCC(C)NC(=O)Cc1csc2nc(-c3ccc(OC)cc3)cn12. The van der Waals surface area contributed by atoms with E-state index >= 15 is 0 Å². The number of amides is 1. The summed E-state index contributed by atoms with van der Waals surface area (Å²) in [5.74, 6) is 0.867. The number of rotatable bonds is 6. The van der Waals surface area contributed by atoms with Crippen LogP contribution in [0.2, 0.25) is 0 Å². The van der Waals surface area contributed by atoms with Gasteiger partial charge in [0.2, 0.25) is 5.91 Å². The van der Waals surface area contributed by atoms with E-state index in [1.54, 1.807) is 18.4 Å². The maximum absolute atomic E-state index is 12.1.